The van der Waals surface area contributed by atoms with Gasteiger partial charge >= 0.3 is 6.09 Å². The second-order valence-corrected chi connectivity index (χ2v) is 8.88. The molecule has 12 heteroatoms. The van der Waals surface area contributed by atoms with E-state index < -0.39 is 30.0 Å². The van der Waals surface area contributed by atoms with Gasteiger partial charge in [-0.25, -0.2) is 4.79 Å². The molecule has 11 nitrogen and oxygen atoms in total. The summed E-state index contributed by atoms with van der Waals surface area (Å²) in [6, 6.07) is 12.1. The Hall–Kier alpha value is -3.83. The molecule has 0 bridgehead atoms. The zero-order chi connectivity index (χ0) is 27.9. The van der Waals surface area contributed by atoms with Gasteiger partial charge in [-0.15, -0.1) is 0 Å². The predicted octanol–water partition coefficient (Wildman–Crippen LogP) is 1.61. The van der Waals surface area contributed by atoms with Gasteiger partial charge in [-0.1, -0.05) is 41.9 Å². The Kier molecular flexibility index (Phi) is 12.9. The highest BCUT2D eigenvalue weighted by atomic mass is 35.5. The molecule has 0 aliphatic heterocycles. The Morgan fingerprint density at radius 1 is 1.00 bits per heavy atom. The molecule has 0 radical (unpaired) electrons. The number of aryl methyl sites for hydroxylation is 1. The maximum Gasteiger partial charge on any atom is 0.405 e. The zero-order valence-corrected chi connectivity index (χ0v) is 21.8. The number of aliphatic hydroxyl groups is 1. The number of carbonyl (C=O) groups is 4. The van der Waals surface area contributed by atoms with E-state index in [2.05, 4.69) is 21.3 Å². The molecule has 0 aromatic heterocycles. The molecule has 0 saturated carbocycles. The van der Waals surface area contributed by atoms with Crippen molar-refractivity contribution < 1.29 is 34.1 Å². The number of aliphatic hydroxyl groups excluding tert-OH is 1. The van der Waals surface area contributed by atoms with Crippen LogP contribution in [-0.2, 0) is 27.3 Å². The van der Waals surface area contributed by atoms with Crippen molar-refractivity contribution in [1.29, 1.82) is 0 Å². The van der Waals surface area contributed by atoms with Gasteiger partial charge < -0.3 is 36.2 Å². The number of nitrogens with one attached hydrogen (secondary N) is 4. The minimum absolute atomic E-state index is 0.00583. The van der Waals surface area contributed by atoms with Crippen molar-refractivity contribution in [2.24, 2.45) is 0 Å². The van der Waals surface area contributed by atoms with E-state index in [9.17, 15) is 19.2 Å². The number of amides is 4. The predicted molar refractivity (Wildman–Crippen MR) is 141 cm³/mol. The van der Waals surface area contributed by atoms with E-state index in [1.54, 1.807) is 18.2 Å². The summed E-state index contributed by atoms with van der Waals surface area (Å²) in [5, 5.41) is 28.4. The number of benzene rings is 2. The van der Waals surface area contributed by atoms with Crippen LogP contribution in [0.1, 0.15) is 30.9 Å². The second-order valence-electron chi connectivity index (χ2n) is 8.44. The van der Waals surface area contributed by atoms with Crippen LogP contribution in [-0.4, -0.2) is 65.9 Å². The summed E-state index contributed by atoms with van der Waals surface area (Å²) < 4.78 is 5.56. The molecule has 0 spiro atoms. The molecule has 0 aliphatic rings. The summed E-state index contributed by atoms with van der Waals surface area (Å²) in [6.45, 7) is 1.51. The third-order valence-corrected chi connectivity index (χ3v) is 5.66. The van der Waals surface area contributed by atoms with Crippen LogP contribution in [0.3, 0.4) is 0 Å². The molecule has 2 atom stereocenters. The fourth-order valence-corrected chi connectivity index (χ4v) is 3.61. The SMILES string of the molecule is C[C@H](NC(=O)[C@@H](CCc1ccccc1)NC(=O)O)C(=O)NCc1cc(Cl)ccc1OCC(=O)NCCCO. The number of carboxylic acid groups (broad SMARTS) is 1. The van der Waals surface area contributed by atoms with E-state index in [1.807, 2.05) is 30.3 Å². The Bertz CT molecular complexity index is 1080. The first kappa shape index (κ1) is 30.4. The Morgan fingerprint density at radius 3 is 2.42 bits per heavy atom. The third-order valence-electron chi connectivity index (χ3n) is 5.42. The first-order valence-corrected chi connectivity index (χ1v) is 12.5. The second kappa shape index (κ2) is 16.1. The van der Waals surface area contributed by atoms with Crippen LogP contribution < -0.4 is 26.0 Å². The summed E-state index contributed by atoms with van der Waals surface area (Å²) in [5.74, 6) is -1.15. The van der Waals surface area contributed by atoms with E-state index in [0.29, 0.717) is 35.7 Å². The van der Waals surface area contributed by atoms with E-state index >= 15 is 0 Å². The molecule has 2 aromatic rings. The van der Waals surface area contributed by atoms with Crippen LogP contribution in [0.2, 0.25) is 5.02 Å². The lowest BCUT2D eigenvalue weighted by molar-refractivity contribution is -0.129. The lowest BCUT2D eigenvalue weighted by atomic mass is 10.0. The maximum absolute atomic E-state index is 12.7. The van der Waals surface area contributed by atoms with Crippen molar-refractivity contribution >= 4 is 35.4 Å². The molecule has 2 rings (SSSR count). The van der Waals surface area contributed by atoms with Gasteiger partial charge in [0.1, 0.15) is 17.8 Å². The van der Waals surface area contributed by atoms with E-state index in [4.69, 9.17) is 26.6 Å². The molecule has 0 aliphatic carbocycles. The maximum atomic E-state index is 12.7. The number of hydrogen-bond acceptors (Lipinski definition) is 6. The number of rotatable bonds is 15. The molecule has 2 aromatic carbocycles. The van der Waals surface area contributed by atoms with Gasteiger partial charge in [-0.3, -0.25) is 14.4 Å². The van der Waals surface area contributed by atoms with Gasteiger partial charge in [0.15, 0.2) is 6.61 Å². The highest BCUT2D eigenvalue weighted by Crippen LogP contribution is 2.23. The molecule has 38 heavy (non-hydrogen) atoms. The lowest BCUT2D eigenvalue weighted by Crippen LogP contribution is -2.52. The summed E-state index contributed by atoms with van der Waals surface area (Å²) in [4.78, 5) is 48.5. The van der Waals surface area contributed by atoms with Crippen LogP contribution in [0, 0.1) is 0 Å². The van der Waals surface area contributed by atoms with Gasteiger partial charge in [0.25, 0.3) is 5.91 Å². The normalized spacial score (nSPS) is 12.1. The van der Waals surface area contributed by atoms with E-state index in [1.165, 1.54) is 6.92 Å². The molecule has 206 valence electrons. The standard InChI is InChI=1S/C26H33ClN4O7/c1-17(30-25(35)21(31-26(36)37)10-8-18-6-3-2-4-7-18)24(34)29-15-19-14-20(27)9-11-22(19)38-16-23(33)28-12-5-13-32/h2-4,6-7,9,11,14,17,21,31-32H,5,8,10,12-13,15-16H2,1H3,(H,28,33)(H,29,34)(H,30,35)(H,36,37)/t17-,21+/m0/s1. The Balaban J connectivity index is 1.92. The first-order valence-electron chi connectivity index (χ1n) is 12.1. The molecular weight excluding hydrogens is 516 g/mol. The van der Waals surface area contributed by atoms with Crippen molar-refractivity contribution in [1.82, 2.24) is 21.3 Å². The molecule has 6 N–H and O–H groups in total. The largest absolute Gasteiger partial charge is 0.483 e. The third kappa shape index (κ3) is 11.1. The highest BCUT2D eigenvalue weighted by molar-refractivity contribution is 6.30. The average Bonchev–Trinajstić information content (AvgIpc) is 2.89. The number of halogens is 1. The average molecular weight is 549 g/mol. The summed E-state index contributed by atoms with van der Waals surface area (Å²) in [5.41, 5.74) is 1.46. The van der Waals surface area contributed by atoms with Crippen LogP contribution in [0.5, 0.6) is 5.75 Å². The number of ether oxygens (including phenoxy) is 1. The lowest BCUT2D eigenvalue weighted by Gasteiger charge is -2.20. The summed E-state index contributed by atoms with van der Waals surface area (Å²) in [6.07, 6.45) is -0.228. The van der Waals surface area contributed by atoms with Crippen molar-refractivity contribution in [2.75, 3.05) is 19.8 Å². The first-order chi connectivity index (χ1) is 18.2. The van der Waals surface area contributed by atoms with Gasteiger partial charge in [-0.05, 0) is 49.9 Å². The van der Waals surface area contributed by atoms with E-state index in [0.717, 1.165) is 5.56 Å². The van der Waals surface area contributed by atoms with Crippen molar-refractivity contribution in [2.45, 2.75) is 44.8 Å². The Morgan fingerprint density at radius 2 is 1.74 bits per heavy atom. The molecule has 0 heterocycles. The topological polar surface area (TPSA) is 166 Å². The molecular formula is C26H33ClN4O7. The summed E-state index contributed by atoms with van der Waals surface area (Å²) >= 11 is 6.08. The number of carbonyl (C=O) groups excluding carboxylic acids is 3. The Labute approximate surface area is 225 Å². The van der Waals surface area contributed by atoms with Gasteiger partial charge in [-0.2, -0.15) is 0 Å². The van der Waals surface area contributed by atoms with Gasteiger partial charge in [0.2, 0.25) is 11.8 Å². The molecule has 0 fully saturated rings. The molecule has 4 amide bonds. The fraction of sp³-hybridized carbons (Fsp3) is 0.385. The minimum atomic E-state index is -1.34. The monoisotopic (exact) mass is 548 g/mol. The van der Waals surface area contributed by atoms with Crippen molar-refractivity contribution in [3.05, 3.63) is 64.7 Å². The molecule has 0 unspecified atom stereocenters. The highest BCUT2D eigenvalue weighted by Gasteiger charge is 2.24. The summed E-state index contributed by atoms with van der Waals surface area (Å²) in [7, 11) is 0. The molecule has 0 saturated heterocycles. The zero-order valence-electron chi connectivity index (χ0n) is 21.0. The van der Waals surface area contributed by atoms with Crippen molar-refractivity contribution in [3.8, 4) is 5.75 Å². The smallest absolute Gasteiger partial charge is 0.405 e. The van der Waals surface area contributed by atoms with Gasteiger partial charge in [0.05, 0.1) is 0 Å². The fourth-order valence-electron chi connectivity index (χ4n) is 3.42. The van der Waals surface area contributed by atoms with Crippen LogP contribution >= 0.6 is 11.6 Å². The number of hydrogen-bond donors (Lipinski definition) is 6. The van der Waals surface area contributed by atoms with Crippen LogP contribution in [0.4, 0.5) is 4.79 Å². The van der Waals surface area contributed by atoms with Crippen LogP contribution in [0.15, 0.2) is 48.5 Å². The minimum Gasteiger partial charge on any atom is -0.483 e. The van der Waals surface area contributed by atoms with Crippen molar-refractivity contribution in [3.63, 3.8) is 0 Å². The van der Waals surface area contributed by atoms with E-state index in [-0.39, 0.29) is 32.1 Å². The van der Waals surface area contributed by atoms with Gasteiger partial charge in [0, 0.05) is 30.3 Å². The quantitative estimate of drug-likeness (QED) is 0.184. The van der Waals surface area contributed by atoms with Crippen LogP contribution in [0.25, 0.3) is 0 Å².